The van der Waals surface area contributed by atoms with Gasteiger partial charge in [0, 0.05) is 24.0 Å². The maximum Gasteiger partial charge on any atom is 0.107 e. The Kier molecular flexibility index (Phi) is 3.84. The minimum absolute atomic E-state index is 0.688. The fourth-order valence-corrected chi connectivity index (χ4v) is 2.31. The molecule has 3 rings (SSSR count). The molecule has 1 aromatic carbocycles. The predicted octanol–water partition coefficient (Wildman–Crippen LogP) is 4.29. The van der Waals surface area contributed by atoms with Crippen molar-refractivity contribution in [2.45, 2.75) is 6.54 Å². The van der Waals surface area contributed by atoms with E-state index in [9.17, 15) is 0 Å². The van der Waals surface area contributed by atoms with Crippen LogP contribution in [-0.4, -0.2) is 14.5 Å². The van der Waals surface area contributed by atoms with Crippen LogP contribution in [0.5, 0.6) is 0 Å². The molecule has 0 atom stereocenters. The van der Waals surface area contributed by atoms with Crippen LogP contribution < -0.4 is 0 Å². The van der Waals surface area contributed by atoms with Crippen LogP contribution in [0.2, 0.25) is 5.02 Å². The molecule has 0 aliphatic carbocycles. The highest BCUT2D eigenvalue weighted by molar-refractivity contribution is 6.31. The summed E-state index contributed by atoms with van der Waals surface area (Å²) in [6.07, 6.45) is 7.32. The number of halogens is 1. The molecule has 0 radical (unpaired) electrons. The minimum Gasteiger partial charge on any atom is -0.332 e. The van der Waals surface area contributed by atoms with Gasteiger partial charge >= 0.3 is 0 Å². The van der Waals surface area contributed by atoms with E-state index < -0.39 is 0 Å². The Morgan fingerprint density at radius 3 is 2.81 bits per heavy atom. The summed E-state index contributed by atoms with van der Waals surface area (Å²) in [5.74, 6) is 0. The number of hydrogen-bond acceptors (Lipinski definition) is 2. The standard InChI is InChI=1S/C17H14ClN3/c1-2-13-7-8-19-16(9-13)17-11-21(12-20-17)10-14-5-3-4-6-15(14)18/h2-9,11-12H,1,10H2. The Morgan fingerprint density at radius 1 is 1.14 bits per heavy atom. The molecule has 2 heterocycles. The molecule has 0 amide bonds. The zero-order valence-electron chi connectivity index (χ0n) is 11.4. The Hall–Kier alpha value is -2.39. The summed E-state index contributed by atoms with van der Waals surface area (Å²) < 4.78 is 2.00. The van der Waals surface area contributed by atoms with Crippen LogP contribution >= 0.6 is 11.6 Å². The highest BCUT2D eigenvalue weighted by atomic mass is 35.5. The molecule has 21 heavy (non-hydrogen) atoms. The number of benzene rings is 1. The van der Waals surface area contributed by atoms with Gasteiger partial charge in [-0.3, -0.25) is 4.98 Å². The molecule has 0 bridgehead atoms. The number of rotatable bonds is 4. The van der Waals surface area contributed by atoms with Crippen molar-refractivity contribution in [2.75, 3.05) is 0 Å². The largest absolute Gasteiger partial charge is 0.332 e. The Bertz CT molecular complexity index is 777. The van der Waals surface area contributed by atoms with Gasteiger partial charge in [0.05, 0.1) is 12.0 Å². The lowest BCUT2D eigenvalue weighted by Crippen LogP contribution is -1.96. The number of pyridine rings is 1. The maximum absolute atomic E-state index is 6.18. The molecule has 104 valence electrons. The van der Waals surface area contributed by atoms with Gasteiger partial charge in [-0.05, 0) is 29.3 Å². The third-order valence-electron chi connectivity index (χ3n) is 3.23. The fraction of sp³-hybridized carbons (Fsp3) is 0.0588. The SMILES string of the molecule is C=Cc1ccnc(-c2cn(Cc3ccccc3Cl)cn2)c1. The molecular weight excluding hydrogens is 282 g/mol. The molecule has 3 aromatic rings. The maximum atomic E-state index is 6.18. The monoisotopic (exact) mass is 295 g/mol. The van der Waals surface area contributed by atoms with E-state index in [0.717, 1.165) is 27.5 Å². The molecule has 2 aromatic heterocycles. The average molecular weight is 296 g/mol. The van der Waals surface area contributed by atoms with E-state index >= 15 is 0 Å². The number of hydrogen-bond donors (Lipinski definition) is 0. The van der Waals surface area contributed by atoms with E-state index in [1.165, 1.54) is 0 Å². The van der Waals surface area contributed by atoms with Crippen molar-refractivity contribution in [3.63, 3.8) is 0 Å². The van der Waals surface area contributed by atoms with Crippen molar-refractivity contribution in [1.29, 1.82) is 0 Å². The van der Waals surface area contributed by atoms with Gasteiger partial charge in [0.25, 0.3) is 0 Å². The topological polar surface area (TPSA) is 30.7 Å². The van der Waals surface area contributed by atoms with Gasteiger partial charge in [-0.1, -0.05) is 42.5 Å². The normalized spacial score (nSPS) is 10.5. The summed E-state index contributed by atoms with van der Waals surface area (Å²) in [6, 6.07) is 11.7. The van der Waals surface area contributed by atoms with E-state index in [-0.39, 0.29) is 0 Å². The van der Waals surface area contributed by atoms with Crippen molar-refractivity contribution in [3.05, 3.63) is 77.8 Å². The van der Waals surface area contributed by atoms with E-state index in [1.54, 1.807) is 18.6 Å². The van der Waals surface area contributed by atoms with Crippen molar-refractivity contribution < 1.29 is 0 Å². The minimum atomic E-state index is 0.688. The average Bonchev–Trinajstić information content (AvgIpc) is 2.98. The first-order chi connectivity index (χ1) is 10.3. The lowest BCUT2D eigenvalue weighted by molar-refractivity contribution is 0.798. The second-order valence-electron chi connectivity index (χ2n) is 4.70. The highest BCUT2D eigenvalue weighted by Crippen LogP contribution is 2.19. The second kappa shape index (κ2) is 5.94. The summed E-state index contributed by atoms with van der Waals surface area (Å²) in [5, 5.41) is 0.763. The van der Waals surface area contributed by atoms with Gasteiger partial charge in [-0.15, -0.1) is 0 Å². The Labute approximate surface area is 128 Å². The molecule has 3 nitrogen and oxygen atoms in total. The lowest BCUT2D eigenvalue weighted by Gasteiger charge is -2.04. The molecular formula is C17H14ClN3. The molecule has 0 aliphatic heterocycles. The van der Waals surface area contributed by atoms with E-state index in [4.69, 9.17) is 11.6 Å². The third kappa shape index (κ3) is 3.03. The van der Waals surface area contributed by atoms with Gasteiger partial charge in [0.1, 0.15) is 5.69 Å². The molecule has 0 saturated heterocycles. The molecule has 0 aliphatic rings. The zero-order valence-corrected chi connectivity index (χ0v) is 12.2. The van der Waals surface area contributed by atoms with Crippen LogP contribution in [0.15, 0.2) is 61.7 Å². The molecule has 0 saturated carbocycles. The molecule has 0 unspecified atom stereocenters. The van der Waals surface area contributed by atoms with Crippen molar-refractivity contribution in [2.24, 2.45) is 0 Å². The number of imidazole rings is 1. The zero-order chi connectivity index (χ0) is 14.7. The molecule has 0 N–H and O–H groups in total. The van der Waals surface area contributed by atoms with Gasteiger partial charge in [0.2, 0.25) is 0 Å². The molecule has 4 heteroatoms. The summed E-state index contributed by atoms with van der Waals surface area (Å²) in [4.78, 5) is 8.76. The number of nitrogens with zero attached hydrogens (tertiary/aromatic N) is 3. The van der Waals surface area contributed by atoms with Gasteiger partial charge < -0.3 is 4.57 Å². The van der Waals surface area contributed by atoms with Gasteiger partial charge in [-0.2, -0.15) is 0 Å². The summed E-state index contributed by atoms with van der Waals surface area (Å²) in [5.41, 5.74) is 3.77. The van der Waals surface area contributed by atoms with Crippen molar-refractivity contribution >= 4 is 17.7 Å². The quantitative estimate of drug-likeness (QED) is 0.719. The Balaban J connectivity index is 1.86. The van der Waals surface area contributed by atoms with Gasteiger partial charge in [0.15, 0.2) is 0 Å². The third-order valence-corrected chi connectivity index (χ3v) is 3.59. The van der Waals surface area contributed by atoms with E-state index in [0.29, 0.717) is 6.54 Å². The lowest BCUT2D eigenvalue weighted by atomic mass is 10.2. The second-order valence-corrected chi connectivity index (χ2v) is 5.11. The Morgan fingerprint density at radius 2 is 2.00 bits per heavy atom. The van der Waals surface area contributed by atoms with E-state index in [1.807, 2.05) is 47.2 Å². The highest BCUT2D eigenvalue weighted by Gasteiger charge is 2.06. The number of aromatic nitrogens is 3. The first kappa shape index (κ1) is 13.6. The van der Waals surface area contributed by atoms with Crippen molar-refractivity contribution in [1.82, 2.24) is 14.5 Å². The summed E-state index contributed by atoms with van der Waals surface area (Å²) in [7, 11) is 0. The smallest absolute Gasteiger partial charge is 0.107 e. The van der Waals surface area contributed by atoms with Crippen molar-refractivity contribution in [3.8, 4) is 11.4 Å². The predicted molar refractivity (Wildman–Crippen MR) is 86.1 cm³/mol. The fourth-order valence-electron chi connectivity index (χ4n) is 2.12. The van der Waals surface area contributed by atoms with E-state index in [2.05, 4.69) is 16.5 Å². The molecule has 0 spiro atoms. The van der Waals surface area contributed by atoms with Crippen LogP contribution in [0.4, 0.5) is 0 Å². The van der Waals surface area contributed by atoms with Crippen LogP contribution in [0.3, 0.4) is 0 Å². The summed E-state index contributed by atoms with van der Waals surface area (Å²) in [6.45, 7) is 4.46. The first-order valence-electron chi connectivity index (χ1n) is 6.60. The molecule has 0 fully saturated rings. The van der Waals surface area contributed by atoms with Crippen LogP contribution in [0.25, 0.3) is 17.5 Å². The summed E-state index contributed by atoms with van der Waals surface area (Å²) >= 11 is 6.18. The first-order valence-corrected chi connectivity index (χ1v) is 6.98. The van der Waals surface area contributed by atoms with Crippen LogP contribution in [0.1, 0.15) is 11.1 Å². The van der Waals surface area contributed by atoms with Gasteiger partial charge in [-0.25, -0.2) is 4.98 Å². The van der Waals surface area contributed by atoms with Crippen LogP contribution in [0, 0.1) is 0 Å². The van der Waals surface area contributed by atoms with Crippen LogP contribution in [-0.2, 0) is 6.54 Å².